The maximum atomic E-state index is 14.8. The van der Waals surface area contributed by atoms with E-state index in [0.717, 1.165) is 19.2 Å². The predicted octanol–water partition coefficient (Wildman–Crippen LogP) is 1.54. The number of halogens is 1. The molecule has 8 heteroatoms. The molecule has 142 valence electrons. The van der Waals surface area contributed by atoms with Crippen molar-refractivity contribution in [1.29, 1.82) is 5.26 Å². The number of likely N-dealkylation sites (N-methyl/N-ethyl adjacent to an activating group) is 1. The Labute approximate surface area is 161 Å². The minimum absolute atomic E-state index is 0.0307. The molecule has 2 heterocycles. The van der Waals surface area contributed by atoms with Crippen molar-refractivity contribution in [2.75, 3.05) is 38.1 Å². The lowest BCUT2D eigenvalue weighted by molar-refractivity contribution is -0.622. The van der Waals surface area contributed by atoms with Crippen molar-refractivity contribution >= 4 is 16.7 Å². The fourth-order valence-corrected chi connectivity index (χ4v) is 3.54. The first-order valence-corrected chi connectivity index (χ1v) is 8.92. The molecule has 1 aliphatic rings. The number of hydrogen-bond donors (Lipinski definition) is 0. The molecule has 0 aliphatic carbocycles. The number of nitriles is 1. The summed E-state index contributed by atoms with van der Waals surface area (Å²) in [4.78, 5) is 4.01. The molecule has 3 aromatic rings. The Bertz CT molecular complexity index is 1090. The normalized spacial score (nSPS) is 15.0. The molecule has 0 saturated carbocycles. The van der Waals surface area contributed by atoms with E-state index >= 15 is 0 Å². The molecule has 0 bridgehead atoms. The monoisotopic (exact) mass is 379 g/mol. The quantitative estimate of drug-likeness (QED) is 0.498. The number of anilines is 1. The minimum atomic E-state index is -0.585. The molecule has 1 saturated heterocycles. The van der Waals surface area contributed by atoms with Crippen molar-refractivity contribution in [2.45, 2.75) is 0 Å². The molecule has 2 aromatic carbocycles. The van der Waals surface area contributed by atoms with E-state index in [-0.39, 0.29) is 28.1 Å². The summed E-state index contributed by atoms with van der Waals surface area (Å²) >= 11 is 0. The van der Waals surface area contributed by atoms with Gasteiger partial charge in [0.1, 0.15) is 0 Å². The molecule has 1 aromatic heterocycles. The lowest BCUT2D eigenvalue weighted by Crippen LogP contribution is -2.46. The van der Waals surface area contributed by atoms with Crippen molar-refractivity contribution in [3.63, 3.8) is 0 Å². The maximum Gasteiger partial charge on any atom is 0.369 e. The number of benzene rings is 2. The zero-order valence-corrected chi connectivity index (χ0v) is 15.3. The maximum absolute atomic E-state index is 14.8. The van der Waals surface area contributed by atoms with Gasteiger partial charge in [-0.2, -0.15) is 9.99 Å². The van der Waals surface area contributed by atoms with Crippen molar-refractivity contribution in [3.05, 3.63) is 64.4 Å². The molecule has 28 heavy (non-hydrogen) atoms. The van der Waals surface area contributed by atoms with Crippen molar-refractivity contribution in [3.8, 4) is 17.3 Å². The fourth-order valence-electron chi connectivity index (χ4n) is 3.54. The standard InChI is InChI=1S/C20H18FN5O2/c1-23-7-9-24(10-8-23)16-12-18-17(11-15(16)21)25(27)19(13-22)20(26(18)28)14-5-3-2-4-6-14/h2-6,11-12H,7-10H2,1H3. The minimum Gasteiger partial charge on any atom is -0.617 e. The topological polar surface area (TPSA) is 84.2 Å². The van der Waals surface area contributed by atoms with Crippen LogP contribution in [0.5, 0.6) is 0 Å². The molecule has 0 unspecified atom stereocenters. The lowest BCUT2D eigenvalue weighted by atomic mass is 10.1. The lowest BCUT2D eigenvalue weighted by Gasteiger charge is -2.34. The highest BCUT2D eigenvalue weighted by Crippen LogP contribution is 2.26. The highest BCUT2D eigenvalue weighted by Gasteiger charge is 2.31. The summed E-state index contributed by atoms with van der Waals surface area (Å²) in [5.41, 5.74) is 0.201. The highest BCUT2D eigenvalue weighted by atomic mass is 19.1. The van der Waals surface area contributed by atoms with Crippen LogP contribution >= 0.6 is 0 Å². The average molecular weight is 379 g/mol. The summed E-state index contributed by atoms with van der Waals surface area (Å²) < 4.78 is 15.7. The van der Waals surface area contributed by atoms with Crippen LogP contribution in [0.25, 0.3) is 22.3 Å². The molecular formula is C20H18FN5O2. The van der Waals surface area contributed by atoms with Gasteiger partial charge < -0.3 is 20.2 Å². The summed E-state index contributed by atoms with van der Waals surface area (Å²) in [6.45, 7) is 2.80. The summed E-state index contributed by atoms with van der Waals surface area (Å²) in [5, 5.41) is 35.3. The average Bonchev–Trinajstić information content (AvgIpc) is 2.71. The molecule has 1 fully saturated rings. The van der Waals surface area contributed by atoms with Gasteiger partial charge in [0, 0.05) is 32.2 Å². The Kier molecular flexibility index (Phi) is 4.45. The van der Waals surface area contributed by atoms with E-state index in [2.05, 4.69) is 4.90 Å². The molecule has 0 atom stereocenters. The van der Waals surface area contributed by atoms with E-state index in [9.17, 15) is 20.1 Å². The Morgan fingerprint density at radius 1 is 1.00 bits per heavy atom. The Morgan fingerprint density at radius 2 is 1.64 bits per heavy atom. The van der Waals surface area contributed by atoms with E-state index in [4.69, 9.17) is 0 Å². The van der Waals surface area contributed by atoms with Crippen LogP contribution in [0.4, 0.5) is 10.1 Å². The number of aromatic nitrogens is 2. The van der Waals surface area contributed by atoms with Gasteiger partial charge in [-0.15, -0.1) is 4.73 Å². The van der Waals surface area contributed by atoms with E-state index < -0.39 is 5.82 Å². The third-order valence-corrected chi connectivity index (χ3v) is 5.11. The Morgan fingerprint density at radius 3 is 2.29 bits per heavy atom. The van der Waals surface area contributed by atoms with Crippen LogP contribution in [0.3, 0.4) is 0 Å². The molecule has 1 aliphatic heterocycles. The SMILES string of the molecule is CN1CCN(c2cc3c(cc2F)[n+]([O-])c(C#N)c(-c2ccccc2)[n+]3[O-])CC1. The fraction of sp³-hybridized carbons (Fsp3) is 0.250. The third kappa shape index (κ3) is 2.86. The second-order valence-electron chi connectivity index (χ2n) is 6.85. The third-order valence-electron chi connectivity index (χ3n) is 5.11. The highest BCUT2D eigenvalue weighted by molar-refractivity contribution is 5.76. The van der Waals surface area contributed by atoms with Gasteiger partial charge in [-0.3, -0.25) is 0 Å². The van der Waals surface area contributed by atoms with E-state index in [0.29, 0.717) is 28.1 Å². The molecule has 7 nitrogen and oxygen atoms in total. The van der Waals surface area contributed by atoms with Crippen molar-refractivity contribution in [2.24, 2.45) is 0 Å². The van der Waals surface area contributed by atoms with E-state index in [1.807, 2.05) is 11.9 Å². The van der Waals surface area contributed by atoms with E-state index in [1.54, 1.807) is 36.4 Å². The number of hydrogen-bond acceptors (Lipinski definition) is 5. The van der Waals surface area contributed by atoms with Gasteiger partial charge in [0.2, 0.25) is 0 Å². The second kappa shape index (κ2) is 6.94. The van der Waals surface area contributed by atoms with Gasteiger partial charge in [0.25, 0.3) is 11.0 Å². The number of rotatable bonds is 2. The van der Waals surface area contributed by atoms with Crippen LogP contribution in [0, 0.1) is 27.6 Å². The number of fused-ring (bicyclic) bond motifs is 1. The summed E-state index contributed by atoms with van der Waals surface area (Å²) in [6, 6.07) is 12.8. The van der Waals surface area contributed by atoms with Crippen molar-refractivity contribution < 1.29 is 13.9 Å². The molecule has 0 radical (unpaired) electrons. The van der Waals surface area contributed by atoms with Crippen LogP contribution in [-0.2, 0) is 0 Å². The summed E-state index contributed by atoms with van der Waals surface area (Å²) in [6.07, 6.45) is 0. The van der Waals surface area contributed by atoms with Gasteiger partial charge in [-0.05, 0) is 19.2 Å². The molecular weight excluding hydrogens is 361 g/mol. The largest absolute Gasteiger partial charge is 0.617 e. The zero-order valence-electron chi connectivity index (χ0n) is 15.3. The van der Waals surface area contributed by atoms with Crippen LogP contribution in [0.1, 0.15) is 5.69 Å². The first-order valence-electron chi connectivity index (χ1n) is 8.92. The summed E-state index contributed by atoms with van der Waals surface area (Å²) in [7, 11) is 2.00. The Balaban J connectivity index is 1.96. The Hall–Kier alpha value is -3.44. The second-order valence-corrected chi connectivity index (χ2v) is 6.85. The van der Waals surface area contributed by atoms with Crippen LogP contribution in [-0.4, -0.2) is 38.1 Å². The predicted molar refractivity (Wildman–Crippen MR) is 102 cm³/mol. The zero-order chi connectivity index (χ0) is 19.8. The molecule has 0 amide bonds. The van der Waals surface area contributed by atoms with Crippen LogP contribution in [0.2, 0.25) is 0 Å². The van der Waals surface area contributed by atoms with Crippen molar-refractivity contribution in [1.82, 2.24) is 4.90 Å². The van der Waals surface area contributed by atoms with Gasteiger partial charge in [-0.25, -0.2) is 4.39 Å². The molecule has 0 spiro atoms. The molecule has 4 rings (SSSR count). The number of piperazine rings is 1. The first kappa shape index (κ1) is 17.9. The van der Waals surface area contributed by atoms with Gasteiger partial charge in [-0.1, -0.05) is 18.2 Å². The van der Waals surface area contributed by atoms with Crippen LogP contribution < -0.4 is 14.4 Å². The van der Waals surface area contributed by atoms with Crippen LogP contribution in [0.15, 0.2) is 42.5 Å². The number of nitrogens with zero attached hydrogens (tertiary/aromatic N) is 5. The first-order chi connectivity index (χ1) is 13.5. The van der Waals surface area contributed by atoms with E-state index in [1.165, 1.54) is 6.07 Å². The smallest absolute Gasteiger partial charge is 0.369 e. The van der Waals surface area contributed by atoms with Gasteiger partial charge in [0.05, 0.1) is 17.3 Å². The van der Waals surface area contributed by atoms with Gasteiger partial charge in [0.15, 0.2) is 11.9 Å². The molecule has 0 N–H and O–H groups in total. The summed E-state index contributed by atoms with van der Waals surface area (Å²) in [5.74, 6) is -0.585. The van der Waals surface area contributed by atoms with Gasteiger partial charge >= 0.3 is 11.4 Å².